The third-order valence-electron chi connectivity index (χ3n) is 5.61. The summed E-state index contributed by atoms with van der Waals surface area (Å²) in [5, 5.41) is 13.7. The van der Waals surface area contributed by atoms with Crippen molar-refractivity contribution in [2.24, 2.45) is 4.99 Å². The maximum Gasteiger partial charge on any atom is 0.238 e. The Morgan fingerprint density at radius 3 is 2.58 bits per heavy atom. The molecule has 1 saturated heterocycles. The second kappa shape index (κ2) is 12.0. The van der Waals surface area contributed by atoms with E-state index in [1.807, 2.05) is 18.2 Å². The Labute approximate surface area is 211 Å². The molecule has 3 aromatic rings. The van der Waals surface area contributed by atoms with Crippen LogP contribution in [-0.4, -0.2) is 50.3 Å². The molecule has 10 heteroatoms. The Hall–Kier alpha value is -2.58. The van der Waals surface area contributed by atoms with Crippen molar-refractivity contribution in [3.05, 3.63) is 65.5 Å². The summed E-state index contributed by atoms with van der Waals surface area (Å²) in [6.07, 6.45) is 7.41. The standard InChI is InChI=1S/C23H24N6O.3ClH/c30-22-20(13-17-14-25-21-19(17)7-4-10-24-21)27-23(28-22)26-18-8-11-29(12-9-18)15-16-5-2-1-3-6-16;;;/h1-7,10,13-14,18,30H,8-9,11-12,15H2,(H2,26,27,28);3*1H. The van der Waals surface area contributed by atoms with Gasteiger partial charge in [-0.3, -0.25) is 4.90 Å². The molecule has 0 unspecified atom stereocenters. The molecule has 5 rings (SSSR count). The average molecular weight is 510 g/mol. The van der Waals surface area contributed by atoms with Crippen LogP contribution in [0, 0.1) is 0 Å². The lowest BCUT2D eigenvalue weighted by atomic mass is 10.0. The Kier molecular flexibility index (Phi) is 9.73. The van der Waals surface area contributed by atoms with Gasteiger partial charge in [0, 0.05) is 49.2 Å². The number of pyridine rings is 1. The summed E-state index contributed by atoms with van der Waals surface area (Å²) in [5.41, 5.74) is 3.77. The highest BCUT2D eigenvalue weighted by atomic mass is 35.5. The largest absolute Gasteiger partial charge is 0.492 e. The SMILES string of the molecule is Cl.Cl.Cl.Oc1nc(NC2CCN(Cc3ccccc3)CC2)[nH]c1C=C1C=Nc2ncccc21. The normalized spacial score (nSPS) is 16.4. The third-order valence-corrected chi connectivity index (χ3v) is 5.61. The number of hydrogen-bond acceptors (Lipinski definition) is 6. The smallest absolute Gasteiger partial charge is 0.238 e. The number of fused-ring (bicyclic) bond motifs is 1. The summed E-state index contributed by atoms with van der Waals surface area (Å²) in [5.74, 6) is 1.28. The van der Waals surface area contributed by atoms with Crippen LogP contribution in [0.25, 0.3) is 11.6 Å². The summed E-state index contributed by atoms with van der Waals surface area (Å²) in [7, 11) is 0. The Bertz CT molecular complexity index is 1090. The second-order valence-electron chi connectivity index (χ2n) is 7.74. The number of allylic oxidation sites excluding steroid dienone is 1. The Morgan fingerprint density at radius 1 is 1.06 bits per heavy atom. The molecule has 3 N–H and O–H groups in total. The molecule has 4 heterocycles. The van der Waals surface area contributed by atoms with E-state index in [0.29, 0.717) is 23.5 Å². The number of piperidine rings is 1. The van der Waals surface area contributed by atoms with Crippen LogP contribution in [0.2, 0.25) is 0 Å². The molecule has 1 aromatic carbocycles. The summed E-state index contributed by atoms with van der Waals surface area (Å²) in [6, 6.07) is 14.8. The van der Waals surface area contributed by atoms with Gasteiger partial charge in [-0.2, -0.15) is 4.98 Å². The van der Waals surface area contributed by atoms with Gasteiger partial charge in [0.1, 0.15) is 5.69 Å². The van der Waals surface area contributed by atoms with E-state index in [-0.39, 0.29) is 43.1 Å². The first kappa shape index (κ1) is 26.7. The van der Waals surface area contributed by atoms with E-state index in [9.17, 15) is 5.11 Å². The quantitative estimate of drug-likeness (QED) is 0.445. The number of likely N-dealkylation sites (tertiary alicyclic amines) is 1. The van der Waals surface area contributed by atoms with Crippen LogP contribution in [-0.2, 0) is 6.54 Å². The third kappa shape index (κ3) is 6.26. The van der Waals surface area contributed by atoms with Gasteiger partial charge < -0.3 is 15.4 Å². The predicted octanol–water partition coefficient (Wildman–Crippen LogP) is 5.11. The number of aromatic nitrogens is 3. The van der Waals surface area contributed by atoms with Crippen LogP contribution < -0.4 is 5.32 Å². The Morgan fingerprint density at radius 2 is 1.82 bits per heavy atom. The minimum Gasteiger partial charge on any atom is -0.492 e. The first-order chi connectivity index (χ1) is 14.7. The number of rotatable bonds is 5. The number of imidazole rings is 1. The van der Waals surface area contributed by atoms with Crippen LogP contribution in [0.15, 0.2) is 53.7 Å². The number of aromatic amines is 1. The number of anilines is 1. The summed E-state index contributed by atoms with van der Waals surface area (Å²) in [6.45, 7) is 3.07. The molecule has 33 heavy (non-hydrogen) atoms. The molecule has 176 valence electrons. The number of nitrogens with one attached hydrogen (secondary N) is 2. The van der Waals surface area contributed by atoms with E-state index in [2.05, 4.69) is 60.5 Å². The van der Waals surface area contributed by atoms with Crippen molar-refractivity contribution in [1.82, 2.24) is 19.9 Å². The van der Waals surface area contributed by atoms with Crippen LogP contribution in [0.1, 0.15) is 29.7 Å². The first-order valence-electron chi connectivity index (χ1n) is 10.3. The van der Waals surface area contributed by atoms with Gasteiger partial charge in [0.15, 0.2) is 5.82 Å². The minimum absolute atomic E-state index is 0. The average Bonchev–Trinajstić information content (AvgIpc) is 3.34. The van der Waals surface area contributed by atoms with Crippen molar-refractivity contribution < 1.29 is 5.11 Å². The van der Waals surface area contributed by atoms with Crippen molar-refractivity contribution in [1.29, 1.82) is 0 Å². The van der Waals surface area contributed by atoms with Crippen LogP contribution in [0.5, 0.6) is 5.88 Å². The predicted molar refractivity (Wildman–Crippen MR) is 141 cm³/mol. The topological polar surface area (TPSA) is 89.4 Å². The highest BCUT2D eigenvalue weighted by Crippen LogP contribution is 2.31. The molecule has 0 aliphatic carbocycles. The minimum atomic E-state index is -0.0164. The van der Waals surface area contributed by atoms with E-state index < -0.39 is 0 Å². The number of halogens is 3. The van der Waals surface area contributed by atoms with E-state index >= 15 is 0 Å². The lowest BCUT2D eigenvalue weighted by Gasteiger charge is -2.32. The lowest BCUT2D eigenvalue weighted by molar-refractivity contribution is 0.211. The molecule has 0 radical (unpaired) electrons. The maximum atomic E-state index is 10.3. The van der Waals surface area contributed by atoms with E-state index in [4.69, 9.17) is 0 Å². The van der Waals surface area contributed by atoms with Crippen LogP contribution >= 0.6 is 37.2 Å². The van der Waals surface area contributed by atoms with Gasteiger partial charge in [0.2, 0.25) is 11.8 Å². The zero-order chi connectivity index (χ0) is 20.3. The molecule has 0 saturated carbocycles. The zero-order valence-corrected chi connectivity index (χ0v) is 20.3. The molecule has 7 nitrogen and oxygen atoms in total. The number of H-pyrrole nitrogens is 1. The van der Waals surface area contributed by atoms with Crippen LogP contribution in [0.4, 0.5) is 11.8 Å². The molecule has 2 aliphatic rings. The summed E-state index contributed by atoms with van der Waals surface area (Å²) < 4.78 is 0. The van der Waals surface area contributed by atoms with Gasteiger partial charge in [-0.15, -0.1) is 37.2 Å². The summed E-state index contributed by atoms with van der Waals surface area (Å²) >= 11 is 0. The number of aliphatic imine (C=N–C) groups is 1. The van der Waals surface area contributed by atoms with Crippen molar-refractivity contribution in [3.63, 3.8) is 0 Å². The van der Waals surface area contributed by atoms with Gasteiger partial charge in [-0.05, 0) is 36.6 Å². The Balaban J connectivity index is 0.00000128. The van der Waals surface area contributed by atoms with Crippen molar-refractivity contribution >= 4 is 66.9 Å². The molecular formula is C23H27Cl3N6O. The van der Waals surface area contributed by atoms with E-state index in [1.54, 1.807) is 12.4 Å². The molecule has 0 bridgehead atoms. The fourth-order valence-corrected chi connectivity index (χ4v) is 4.01. The summed E-state index contributed by atoms with van der Waals surface area (Å²) in [4.78, 5) is 18.5. The van der Waals surface area contributed by atoms with Crippen LogP contribution in [0.3, 0.4) is 0 Å². The molecule has 0 spiro atoms. The maximum absolute atomic E-state index is 10.3. The van der Waals surface area contributed by atoms with E-state index in [1.165, 1.54) is 5.56 Å². The second-order valence-corrected chi connectivity index (χ2v) is 7.74. The van der Waals surface area contributed by atoms with Gasteiger partial charge >= 0.3 is 0 Å². The van der Waals surface area contributed by atoms with Gasteiger partial charge in [-0.25, -0.2) is 9.98 Å². The fraction of sp³-hybridized carbons (Fsp3) is 0.261. The van der Waals surface area contributed by atoms with Crippen molar-refractivity contribution in [3.8, 4) is 5.88 Å². The molecular weight excluding hydrogens is 483 g/mol. The van der Waals surface area contributed by atoms with Gasteiger partial charge in [0.05, 0.1) is 0 Å². The molecule has 0 atom stereocenters. The molecule has 2 aromatic heterocycles. The van der Waals surface area contributed by atoms with Gasteiger partial charge in [0.25, 0.3) is 0 Å². The first-order valence-corrected chi connectivity index (χ1v) is 10.3. The highest BCUT2D eigenvalue weighted by Gasteiger charge is 2.21. The molecule has 0 amide bonds. The van der Waals surface area contributed by atoms with Crippen molar-refractivity contribution in [2.75, 3.05) is 18.4 Å². The molecule has 1 fully saturated rings. The van der Waals surface area contributed by atoms with E-state index in [0.717, 1.165) is 43.6 Å². The number of aromatic hydroxyl groups is 1. The number of nitrogens with zero attached hydrogens (tertiary/aromatic N) is 4. The monoisotopic (exact) mass is 508 g/mol. The highest BCUT2D eigenvalue weighted by molar-refractivity contribution is 6.20. The number of benzene rings is 1. The fourth-order valence-electron chi connectivity index (χ4n) is 4.01. The number of hydrogen-bond donors (Lipinski definition) is 3. The van der Waals surface area contributed by atoms with Crippen molar-refractivity contribution in [2.45, 2.75) is 25.4 Å². The lowest BCUT2D eigenvalue weighted by Crippen LogP contribution is -2.38. The molecule has 2 aliphatic heterocycles. The zero-order valence-electron chi connectivity index (χ0n) is 17.8. The van der Waals surface area contributed by atoms with Gasteiger partial charge in [-0.1, -0.05) is 30.3 Å².